The number of nitrogens with zero attached hydrogens (tertiary/aromatic N) is 2. The number of para-hydroxylation sites is 2. The monoisotopic (exact) mass is 796 g/mol. The van der Waals surface area contributed by atoms with Crippen LogP contribution in [0.2, 0.25) is 0 Å². The van der Waals surface area contributed by atoms with Crippen molar-refractivity contribution >= 4 is 34.1 Å². The van der Waals surface area contributed by atoms with Gasteiger partial charge < -0.3 is 9.80 Å². The minimum absolute atomic E-state index is 0.0992. The van der Waals surface area contributed by atoms with Crippen LogP contribution in [-0.2, 0) is 10.8 Å². The third-order valence-electron chi connectivity index (χ3n) is 13.4. The van der Waals surface area contributed by atoms with Crippen molar-refractivity contribution in [2.75, 3.05) is 9.80 Å². The Hall–Kier alpha value is -7.42. The zero-order valence-corrected chi connectivity index (χ0v) is 35.7. The molecule has 2 aliphatic carbocycles. The Morgan fingerprint density at radius 3 is 1.31 bits per heavy atom. The van der Waals surface area contributed by atoms with Gasteiger partial charge in [-0.2, -0.15) is 0 Å². The highest BCUT2D eigenvalue weighted by atomic mass is 15.2. The molecule has 0 spiro atoms. The maximum atomic E-state index is 2.49. The van der Waals surface area contributed by atoms with E-state index in [0.29, 0.717) is 0 Å². The van der Waals surface area contributed by atoms with Crippen molar-refractivity contribution in [3.05, 3.63) is 241 Å². The molecule has 9 aromatic rings. The highest BCUT2D eigenvalue weighted by molar-refractivity contribution is 5.98. The molecule has 0 amide bonds. The van der Waals surface area contributed by atoms with Gasteiger partial charge in [-0.1, -0.05) is 185 Å². The Morgan fingerprint density at radius 1 is 0.274 bits per heavy atom. The number of benzene rings is 9. The van der Waals surface area contributed by atoms with Crippen LogP contribution in [0.25, 0.3) is 44.5 Å². The predicted octanol–water partition coefficient (Wildman–Crippen LogP) is 16.6. The van der Waals surface area contributed by atoms with Crippen molar-refractivity contribution in [3.63, 3.8) is 0 Å². The molecular formula is C60H48N2. The first kappa shape index (κ1) is 37.6. The first-order valence-corrected chi connectivity index (χ1v) is 21.8. The first-order valence-electron chi connectivity index (χ1n) is 21.8. The number of hydrogen-bond donors (Lipinski definition) is 0. The van der Waals surface area contributed by atoms with Crippen LogP contribution in [0.15, 0.2) is 218 Å². The van der Waals surface area contributed by atoms with Crippen molar-refractivity contribution in [1.82, 2.24) is 0 Å². The lowest BCUT2D eigenvalue weighted by Crippen LogP contribution is -2.21. The summed E-state index contributed by atoms with van der Waals surface area (Å²) in [4.78, 5) is 4.89. The van der Waals surface area contributed by atoms with Crippen molar-refractivity contribution in [1.29, 1.82) is 0 Å². The van der Waals surface area contributed by atoms with Crippen LogP contribution in [-0.4, -0.2) is 0 Å². The van der Waals surface area contributed by atoms with Crippen molar-refractivity contribution < 1.29 is 0 Å². The van der Waals surface area contributed by atoms with Gasteiger partial charge in [-0.05, 0) is 122 Å². The highest BCUT2D eigenvalue weighted by Gasteiger charge is 2.40. The van der Waals surface area contributed by atoms with Crippen LogP contribution in [0.4, 0.5) is 34.1 Å². The second-order valence-corrected chi connectivity index (χ2v) is 17.8. The number of anilines is 6. The Bertz CT molecular complexity index is 3090. The maximum absolute atomic E-state index is 2.49. The molecule has 0 heterocycles. The maximum Gasteiger partial charge on any atom is 0.0587 e. The van der Waals surface area contributed by atoms with E-state index in [0.717, 1.165) is 28.4 Å². The van der Waals surface area contributed by atoms with Gasteiger partial charge in [-0.15, -0.1) is 0 Å². The van der Waals surface area contributed by atoms with Crippen LogP contribution >= 0.6 is 0 Å². The quantitative estimate of drug-likeness (QED) is 0.151. The molecule has 62 heavy (non-hydrogen) atoms. The molecule has 2 heteroatoms. The standard InChI is InChI=1S/C60H48N2/c1-59(2)54-26-16-14-24-50(54)52-37-36-48(40-56(52)59)61(44-20-10-6-11-21-44)46-34-30-43(31-35-46)49-38-39-53-51-25-15-17-27-55(51)60(3,4)57(53)58(49)62(45-22-12-7-13-23-45)47-32-28-42(29-33-47)41-18-8-5-9-19-41/h5-40H,1-4H3. The molecule has 0 atom stereocenters. The van der Waals surface area contributed by atoms with E-state index in [1.54, 1.807) is 0 Å². The van der Waals surface area contributed by atoms with E-state index >= 15 is 0 Å². The largest absolute Gasteiger partial charge is 0.310 e. The molecule has 9 aromatic carbocycles. The number of hydrogen-bond acceptors (Lipinski definition) is 2. The summed E-state index contributed by atoms with van der Waals surface area (Å²) < 4.78 is 0. The molecule has 0 N–H and O–H groups in total. The van der Waals surface area contributed by atoms with Gasteiger partial charge >= 0.3 is 0 Å². The third-order valence-corrected chi connectivity index (χ3v) is 13.4. The van der Waals surface area contributed by atoms with Crippen molar-refractivity contribution in [3.8, 4) is 44.5 Å². The molecule has 0 fully saturated rings. The molecule has 0 saturated heterocycles. The van der Waals surface area contributed by atoms with Gasteiger partial charge in [0, 0.05) is 44.8 Å². The zero-order valence-electron chi connectivity index (χ0n) is 35.7. The van der Waals surface area contributed by atoms with Gasteiger partial charge in [0.25, 0.3) is 0 Å². The average Bonchev–Trinajstić information content (AvgIpc) is 3.70. The molecule has 0 aromatic heterocycles. The van der Waals surface area contributed by atoms with Crippen molar-refractivity contribution in [2.24, 2.45) is 0 Å². The summed E-state index contributed by atoms with van der Waals surface area (Å²) in [5.74, 6) is 0. The van der Waals surface area contributed by atoms with Gasteiger partial charge in [0.2, 0.25) is 0 Å². The Kier molecular flexibility index (Phi) is 8.87. The van der Waals surface area contributed by atoms with Crippen LogP contribution in [0.5, 0.6) is 0 Å². The fraction of sp³-hybridized carbons (Fsp3) is 0.100. The average molecular weight is 797 g/mol. The van der Waals surface area contributed by atoms with Crippen LogP contribution in [0, 0.1) is 0 Å². The lowest BCUT2D eigenvalue weighted by Gasteiger charge is -2.34. The smallest absolute Gasteiger partial charge is 0.0587 e. The fourth-order valence-corrected chi connectivity index (χ4v) is 10.4. The Morgan fingerprint density at radius 2 is 0.677 bits per heavy atom. The lowest BCUT2D eigenvalue weighted by atomic mass is 9.79. The topological polar surface area (TPSA) is 6.48 Å². The van der Waals surface area contributed by atoms with E-state index < -0.39 is 0 Å². The van der Waals surface area contributed by atoms with Crippen LogP contribution < -0.4 is 9.80 Å². The molecule has 0 radical (unpaired) electrons. The summed E-state index contributed by atoms with van der Waals surface area (Å²) in [7, 11) is 0. The SMILES string of the molecule is CC1(C)c2ccccc2-c2ccc(N(c3ccccc3)c3ccc(-c4ccc5c(c4N(c4ccccc4)c4ccc(-c6ccccc6)cc4)C(C)(C)c4ccccc4-5)cc3)cc21. The summed E-state index contributed by atoms with van der Waals surface area (Å²) >= 11 is 0. The zero-order chi connectivity index (χ0) is 42.0. The summed E-state index contributed by atoms with van der Waals surface area (Å²) in [6, 6.07) is 80.2. The normalized spacial score (nSPS) is 13.7. The lowest BCUT2D eigenvalue weighted by molar-refractivity contribution is 0.660. The third kappa shape index (κ3) is 6.01. The number of rotatable bonds is 8. The minimum atomic E-state index is -0.251. The molecule has 2 nitrogen and oxygen atoms in total. The predicted molar refractivity (Wildman–Crippen MR) is 262 cm³/mol. The Labute approximate surface area is 366 Å². The van der Waals surface area contributed by atoms with Gasteiger partial charge in [0.1, 0.15) is 0 Å². The van der Waals surface area contributed by atoms with E-state index in [2.05, 4.69) is 256 Å². The van der Waals surface area contributed by atoms with Gasteiger partial charge in [0.15, 0.2) is 0 Å². The van der Waals surface area contributed by atoms with Gasteiger partial charge in [-0.3, -0.25) is 0 Å². The van der Waals surface area contributed by atoms with E-state index in [9.17, 15) is 0 Å². The van der Waals surface area contributed by atoms with Gasteiger partial charge in [0.05, 0.1) is 5.69 Å². The fourth-order valence-electron chi connectivity index (χ4n) is 10.4. The second kappa shape index (κ2) is 14.6. The molecular weight excluding hydrogens is 749 g/mol. The minimum Gasteiger partial charge on any atom is -0.310 e. The van der Waals surface area contributed by atoms with E-state index in [4.69, 9.17) is 0 Å². The van der Waals surface area contributed by atoms with Crippen LogP contribution in [0.3, 0.4) is 0 Å². The molecule has 0 unspecified atom stereocenters. The van der Waals surface area contributed by atoms with Gasteiger partial charge in [-0.25, -0.2) is 0 Å². The highest BCUT2D eigenvalue weighted by Crippen LogP contribution is 2.57. The molecule has 0 bridgehead atoms. The molecule has 0 saturated carbocycles. The summed E-state index contributed by atoms with van der Waals surface area (Å²) in [6.07, 6.45) is 0. The molecule has 11 rings (SSSR count). The summed E-state index contributed by atoms with van der Waals surface area (Å²) in [6.45, 7) is 9.49. The second-order valence-electron chi connectivity index (χ2n) is 17.8. The number of fused-ring (bicyclic) bond motifs is 6. The summed E-state index contributed by atoms with van der Waals surface area (Å²) in [5, 5.41) is 0. The Balaban J connectivity index is 1.08. The van der Waals surface area contributed by atoms with E-state index in [1.807, 2.05) is 0 Å². The van der Waals surface area contributed by atoms with E-state index in [1.165, 1.54) is 72.4 Å². The first-order chi connectivity index (χ1) is 30.3. The van der Waals surface area contributed by atoms with Crippen LogP contribution in [0.1, 0.15) is 49.9 Å². The van der Waals surface area contributed by atoms with Crippen molar-refractivity contribution in [2.45, 2.75) is 38.5 Å². The molecule has 298 valence electrons. The molecule has 0 aliphatic heterocycles. The molecule has 2 aliphatic rings. The summed E-state index contributed by atoms with van der Waals surface area (Å²) in [5.41, 5.74) is 21.9. The van der Waals surface area contributed by atoms with E-state index in [-0.39, 0.29) is 10.8 Å².